The molecule has 6 heteroatoms. The van der Waals surface area contributed by atoms with Crippen molar-refractivity contribution in [3.05, 3.63) is 34.9 Å². The van der Waals surface area contributed by atoms with Gasteiger partial charge in [-0.1, -0.05) is 0 Å². The summed E-state index contributed by atoms with van der Waals surface area (Å²) in [5.41, 5.74) is 3.01. The lowest BCUT2D eigenvalue weighted by atomic mass is 9.69. The smallest absolute Gasteiger partial charge is 0.247 e. The van der Waals surface area contributed by atoms with E-state index >= 15 is 0 Å². The van der Waals surface area contributed by atoms with Gasteiger partial charge in [0.05, 0.1) is 11.6 Å². The van der Waals surface area contributed by atoms with Crippen molar-refractivity contribution in [3.63, 3.8) is 0 Å². The van der Waals surface area contributed by atoms with Crippen LogP contribution in [0.25, 0.3) is 0 Å². The first-order chi connectivity index (χ1) is 11.7. The highest BCUT2D eigenvalue weighted by atomic mass is 16.7. The van der Waals surface area contributed by atoms with Crippen LogP contribution in [0.15, 0.2) is 23.8 Å². The number of carbonyl (C=O) groups is 1. The fourth-order valence-corrected chi connectivity index (χ4v) is 5.02. The third-order valence-corrected chi connectivity index (χ3v) is 6.13. The van der Waals surface area contributed by atoms with Gasteiger partial charge in [0.15, 0.2) is 11.5 Å². The largest absolute Gasteiger partial charge is 0.454 e. The van der Waals surface area contributed by atoms with Crippen LogP contribution in [0.4, 0.5) is 0 Å². The van der Waals surface area contributed by atoms with E-state index in [-0.39, 0.29) is 31.0 Å². The number of carbonyl (C=O) groups excluding carboxylic acids is 1. The lowest BCUT2D eigenvalue weighted by molar-refractivity contribution is -0.131. The normalized spacial score (nSPS) is 37.4. The number of ether oxygens (including phenoxy) is 4. The van der Waals surface area contributed by atoms with Gasteiger partial charge < -0.3 is 23.8 Å². The molecule has 4 heterocycles. The number of benzene rings is 1. The Balaban J connectivity index is 1.59. The fourth-order valence-electron chi connectivity index (χ4n) is 5.02. The summed E-state index contributed by atoms with van der Waals surface area (Å²) in [4.78, 5) is 14.7. The Hall–Kier alpha value is -2.05. The standard InChI is InChI=1S/C18H17NO5/c1-21-14-7-18-10-5-13-12(22-8-23-13)4-9(10)2-3-19(18)15(20)6-11(18)16-17(14)24-16/h4-6,14,16-17H,2-3,7-8H2,1H3. The van der Waals surface area contributed by atoms with Crippen LogP contribution in [-0.4, -0.2) is 49.6 Å². The zero-order valence-electron chi connectivity index (χ0n) is 13.3. The van der Waals surface area contributed by atoms with Crippen LogP contribution in [-0.2, 0) is 26.2 Å². The Kier molecular flexibility index (Phi) is 2.28. The topological polar surface area (TPSA) is 60.5 Å². The van der Waals surface area contributed by atoms with Crippen molar-refractivity contribution in [1.29, 1.82) is 0 Å². The van der Waals surface area contributed by atoms with Gasteiger partial charge in [0, 0.05) is 26.2 Å². The van der Waals surface area contributed by atoms with Crippen molar-refractivity contribution in [1.82, 2.24) is 4.90 Å². The summed E-state index contributed by atoms with van der Waals surface area (Å²) in [6.07, 6.45) is 3.42. The van der Waals surface area contributed by atoms with Crippen molar-refractivity contribution < 1.29 is 23.7 Å². The predicted molar refractivity (Wildman–Crippen MR) is 81.8 cm³/mol. The summed E-state index contributed by atoms with van der Waals surface area (Å²) in [6.45, 7) is 0.963. The van der Waals surface area contributed by atoms with Crippen LogP contribution >= 0.6 is 0 Å². The van der Waals surface area contributed by atoms with Gasteiger partial charge in [-0.05, 0) is 35.3 Å². The summed E-state index contributed by atoms with van der Waals surface area (Å²) in [7, 11) is 1.72. The number of epoxide rings is 1. The molecule has 1 aliphatic carbocycles. The first-order valence-electron chi connectivity index (χ1n) is 8.37. The zero-order valence-corrected chi connectivity index (χ0v) is 13.3. The summed E-state index contributed by atoms with van der Waals surface area (Å²) in [5, 5.41) is 0. The van der Waals surface area contributed by atoms with Gasteiger partial charge in [0.25, 0.3) is 0 Å². The van der Waals surface area contributed by atoms with Gasteiger partial charge in [0.2, 0.25) is 12.7 Å². The van der Waals surface area contributed by atoms with Gasteiger partial charge in [-0.3, -0.25) is 4.79 Å². The first kappa shape index (κ1) is 13.3. The fraction of sp³-hybridized carbons (Fsp3) is 0.500. The molecule has 0 N–H and O–H groups in total. The van der Waals surface area contributed by atoms with Crippen molar-refractivity contribution in [2.24, 2.45) is 0 Å². The van der Waals surface area contributed by atoms with E-state index < -0.39 is 5.54 Å². The van der Waals surface area contributed by atoms with Gasteiger partial charge >= 0.3 is 0 Å². The van der Waals surface area contributed by atoms with Crippen LogP contribution in [0, 0.1) is 0 Å². The Morgan fingerprint density at radius 1 is 1.29 bits per heavy atom. The molecule has 6 rings (SSSR count). The highest BCUT2D eigenvalue weighted by molar-refractivity contribution is 5.94. The Bertz CT molecular complexity index is 818. The third-order valence-electron chi connectivity index (χ3n) is 6.13. The van der Waals surface area contributed by atoms with Gasteiger partial charge in [0.1, 0.15) is 12.2 Å². The molecular formula is C18H17NO5. The first-order valence-corrected chi connectivity index (χ1v) is 8.37. The molecule has 0 bridgehead atoms. The van der Waals surface area contributed by atoms with Crippen molar-refractivity contribution in [2.45, 2.75) is 36.7 Å². The molecule has 0 radical (unpaired) electrons. The average molecular weight is 327 g/mol. The molecule has 1 saturated heterocycles. The molecule has 5 aliphatic rings. The molecule has 4 atom stereocenters. The molecule has 0 aromatic heterocycles. The van der Waals surface area contributed by atoms with Crippen LogP contribution in [0.1, 0.15) is 17.5 Å². The summed E-state index contributed by atoms with van der Waals surface area (Å²) in [5.74, 6) is 1.64. The SMILES string of the molecule is COC1CC23C(=CC(=O)N2CCc2cc4c(cc23)OCO4)C2OC12. The second-order valence-corrected chi connectivity index (χ2v) is 7.06. The van der Waals surface area contributed by atoms with E-state index in [4.69, 9.17) is 18.9 Å². The number of hydrogen-bond donors (Lipinski definition) is 0. The molecular weight excluding hydrogens is 310 g/mol. The number of amides is 1. The lowest BCUT2D eigenvalue weighted by Gasteiger charge is -2.48. The van der Waals surface area contributed by atoms with Crippen LogP contribution in [0.5, 0.6) is 11.5 Å². The molecule has 6 nitrogen and oxygen atoms in total. The van der Waals surface area contributed by atoms with E-state index in [9.17, 15) is 4.79 Å². The summed E-state index contributed by atoms with van der Waals surface area (Å²) >= 11 is 0. The number of methoxy groups -OCH3 is 1. The number of fused-ring (bicyclic) bond motifs is 4. The minimum Gasteiger partial charge on any atom is -0.454 e. The molecule has 1 saturated carbocycles. The Labute approximate surface area is 138 Å². The second kappa shape index (κ2) is 4.13. The number of nitrogens with zero attached hydrogens (tertiary/aromatic N) is 1. The quantitative estimate of drug-likeness (QED) is 0.724. The molecule has 1 spiro atoms. The molecule has 1 amide bonds. The molecule has 4 unspecified atom stereocenters. The molecule has 1 aromatic rings. The minimum atomic E-state index is -0.454. The minimum absolute atomic E-state index is 0.00285. The number of hydrogen-bond acceptors (Lipinski definition) is 5. The van der Waals surface area contributed by atoms with E-state index in [0.717, 1.165) is 35.5 Å². The van der Waals surface area contributed by atoms with Crippen LogP contribution in [0.2, 0.25) is 0 Å². The van der Waals surface area contributed by atoms with Gasteiger partial charge in [-0.15, -0.1) is 0 Å². The van der Waals surface area contributed by atoms with Crippen molar-refractivity contribution in [3.8, 4) is 11.5 Å². The van der Waals surface area contributed by atoms with Crippen LogP contribution < -0.4 is 9.47 Å². The lowest BCUT2D eigenvalue weighted by Crippen LogP contribution is -2.55. The highest BCUT2D eigenvalue weighted by Crippen LogP contribution is 2.59. The molecule has 4 aliphatic heterocycles. The van der Waals surface area contributed by atoms with Crippen LogP contribution in [0.3, 0.4) is 0 Å². The van der Waals surface area contributed by atoms with Gasteiger partial charge in [-0.2, -0.15) is 0 Å². The summed E-state index contributed by atoms with van der Waals surface area (Å²) < 4.78 is 22.7. The number of rotatable bonds is 1. The van der Waals surface area contributed by atoms with Gasteiger partial charge in [-0.25, -0.2) is 0 Å². The molecule has 2 fully saturated rings. The van der Waals surface area contributed by atoms with Crippen molar-refractivity contribution in [2.75, 3.05) is 20.4 Å². The van der Waals surface area contributed by atoms with E-state index in [1.165, 1.54) is 5.56 Å². The monoisotopic (exact) mass is 327 g/mol. The third kappa shape index (κ3) is 1.38. The predicted octanol–water partition coefficient (Wildman–Crippen LogP) is 1.12. The molecule has 124 valence electrons. The van der Waals surface area contributed by atoms with E-state index in [1.54, 1.807) is 13.2 Å². The maximum Gasteiger partial charge on any atom is 0.247 e. The van der Waals surface area contributed by atoms with E-state index in [1.807, 2.05) is 4.90 Å². The highest BCUT2D eigenvalue weighted by Gasteiger charge is 2.66. The van der Waals surface area contributed by atoms with E-state index in [2.05, 4.69) is 12.1 Å². The second-order valence-electron chi connectivity index (χ2n) is 7.06. The molecule has 1 aromatic carbocycles. The maximum absolute atomic E-state index is 12.7. The maximum atomic E-state index is 12.7. The Morgan fingerprint density at radius 3 is 2.96 bits per heavy atom. The van der Waals surface area contributed by atoms with E-state index in [0.29, 0.717) is 6.54 Å². The Morgan fingerprint density at radius 2 is 2.12 bits per heavy atom. The summed E-state index contributed by atoms with van der Waals surface area (Å²) in [6, 6.07) is 4.14. The molecule has 24 heavy (non-hydrogen) atoms. The van der Waals surface area contributed by atoms with Crippen molar-refractivity contribution >= 4 is 5.91 Å². The zero-order chi connectivity index (χ0) is 16.1. The average Bonchev–Trinajstić information content (AvgIpc) is 3.15.